The van der Waals surface area contributed by atoms with E-state index in [0.717, 1.165) is 23.0 Å². The molecule has 0 spiro atoms. The number of benzene rings is 1. The quantitative estimate of drug-likeness (QED) is 0.443. The van der Waals surface area contributed by atoms with E-state index < -0.39 is 0 Å². The highest BCUT2D eigenvalue weighted by atomic mass is 16.5. The predicted molar refractivity (Wildman–Crippen MR) is 70.8 cm³/mol. The topological polar surface area (TPSA) is 39.4 Å². The van der Waals surface area contributed by atoms with Gasteiger partial charge in [-0.1, -0.05) is 23.8 Å². The van der Waals surface area contributed by atoms with Gasteiger partial charge in [0.05, 0.1) is 6.61 Å². The van der Waals surface area contributed by atoms with Crippen molar-refractivity contribution in [1.29, 1.82) is 0 Å². The van der Waals surface area contributed by atoms with Crippen molar-refractivity contribution in [3.05, 3.63) is 48.2 Å². The molecule has 0 atom stereocenters. The van der Waals surface area contributed by atoms with Gasteiger partial charge in [0.1, 0.15) is 12.2 Å². The average Bonchev–Trinajstić information content (AvgIpc) is 2.78. The summed E-state index contributed by atoms with van der Waals surface area (Å²) in [6.45, 7) is 6.27. The lowest BCUT2D eigenvalue weighted by molar-refractivity contribution is 0.0740. The molecule has 0 aliphatic heterocycles. The molecule has 0 amide bonds. The van der Waals surface area contributed by atoms with E-state index in [1.807, 2.05) is 31.2 Å². The van der Waals surface area contributed by atoms with Gasteiger partial charge in [0.25, 0.3) is 0 Å². The number of ketones is 1. The minimum absolute atomic E-state index is 0.0487. The van der Waals surface area contributed by atoms with Crippen LogP contribution in [0, 0.1) is 0 Å². The highest BCUT2D eigenvalue weighted by Gasteiger charge is 2.11. The molecule has 3 heteroatoms. The van der Waals surface area contributed by atoms with Crippen molar-refractivity contribution in [2.75, 3.05) is 13.2 Å². The lowest BCUT2D eigenvalue weighted by atomic mass is 10.2. The Morgan fingerprint density at radius 3 is 2.89 bits per heavy atom. The van der Waals surface area contributed by atoms with E-state index >= 15 is 0 Å². The Balaban J connectivity index is 1.94. The number of hydrogen-bond donors (Lipinski definition) is 0. The van der Waals surface area contributed by atoms with E-state index in [0.29, 0.717) is 12.4 Å². The average molecular weight is 244 g/mol. The van der Waals surface area contributed by atoms with Gasteiger partial charge in [-0.25, -0.2) is 0 Å². The van der Waals surface area contributed by atoms with Gasteiger partial charge in [-0.2, -0.15) is 0 Å². The first-order valence-corrected chi connectivity index (χ1v) is 5.91. The van der Waals surface area contributed by atoms with Crippen LogP contribution in [0.5, 0.6) is 0 Å². The van der Waals surface area contributed by atoms with Gasteiger partial charge >= 0.3 is 0 Å². The van der Waals surface area contributed by atoms with Gasteiger partial charge in [0, 0.05) is 5.39 Å². The Labute approximate surface area is 106 Å². The van der Waals surface area contributed by atoms with Crippen molar-refractivity contribution < 1.29 is 13.9 Å². The normalized spacial score (nSPS) is 10.7. The summed E-state index contributed by atoms with van der Waals surface area (Å²) < 4.78 is 10.7. The molecule has 0 aliphatic carbocycles. The first-order valence-electron chi connectivity index (χ1n) is 5.91. The Hall–Kier alpha value is -1.87. The molecule has 1 heterocycles. The van der Waals surface area contributed by atoms with Crippen molar-refractivity contribution in [2.24, 2.45) is 0 Å². The van der Waals surface area contributed by atoms with Crippen LogP contribution < -0.4 is 0 Å². The van der Waals surface area contributed by atoms with E-state index in [-0.39, 0.29) is 12.4 Å². The standard InChI is InChI=1S/C15H16O3/c1-11(2)7-8-17-10-13(16)15-9-12-5-3-4-6-14(12)18-15/h3-6,9H,1,7-8,10H2,2H3. The van der Waals surface area contributed by atoms with E-state index in [2.05, 4.69) is 6.58 Å². The van der Waals surface area contributed by atoms with Gasteiger partial charge in [-0.3, -0.25) is 4.79 Å². The number of para-hydroxylation sites is 1. The highest BCUT2D eigenvalue weighted by molar-refractivity contribution is 5.98. The van der Waals surface area contributed by atoms with E-state index in [9.17, 15) is 4.79 Å². The molecule has 0 aliphatic rings. The Morgan fingerprint density at radius 2 is 2.17 bits per heavy atom. The summed E-state index contributed by atoms with van der Waals surface area (Å²) in [6.07, 6.45) is 0.771. The lowest BCUT2D eigenvalue weighted by Gasteiger charge is -2.01. The van der Waals surface area contributed by atoms with Gasteiger partial charge in [-0.15, -0.1) is 6.58 Å². The SMILES string of the molecule is C=C(C)CCOCC(=O)c1cc2ccccc2o1. The zero-order valence-corrected chi connectivity index (χ0v) is 10.4. The number of hydrogen-bond acceptors (Lipinski definition) is 3. The summed E-state index contributed by atoms with van der Waals surface area (Å²) in [5.74, 6) is 0.222. The molecular formula is C15H16O3. The number of Topliss-reactive ketones (excluding diaryl/α,β-unsaturated/α-hetero) is 1. The number of fused-ring (bicyclic) bond motifs is 1. The van der Waals surface area contributed by atoms with Crippen LogP contribution >= 0.6 is 0 Å². The maximum absolute atomic E-state index is 11.8. The molecule has 18 heavy (non-hydrogen) atoms. The Kier molecular flexibility index (Phi) is 3.95. The second-order valence-electron chi connectivity index (χ2n) is 4.33. The highest BCUT2D eigenvalue weighted by Crippen LogP contribution is 2.19. The lowest BCUT2D eigenvalue weighted by Crippen LogP contribution is -2.09. The van der Waals surface area contributed by atoms with Crippen molar-refractivity contribution in [1.82, 2.24) is 0 Å². The van der Waals surface area contributed by atoms with Crippen LogP contribution in [0.2, 0.25) is 0 Å². The number of carbonyl (C=O) groups excluding carboxylic acids is 1. The third-order valence-corrected chi connectivity index (χ3v) is 2.61. The van der Waals surface area contributed by atoms with E-state index in [1.54, 1.807) is 6.07 Å². The molecule has 2 rings (SSSR count). The van der Waals surface area contributed by atoms with Crippen molar-refractivity contribution in [2.45, 2.75) is 13.3 Å². The molecule has 94 valence electrons. The zero-order chi connectivity index (χ0) is 13.0. The minimum atomic E-state index is -0.132. The fraction of sp³-hybridized carbons (Fsp3) is 0.267. The maximum Gasteiger partial charge on any atom is 0.223 e. The van der Waals surface area contributed by atoms with Crippen molar-refractivity contribution >= 4 is 16.8 Å². The Bertz CT molecular complexity index is 533. The molecular weight excluding hydrogens is 228 g/mol. The minimum Gasteiger partial charge on any atom is -0.453 e. The molecule has 0 N–H and O–H groups in total. The first kappa shape index (κ1) is 12.6. The molecule has 1 aromatic heterocycles. The largest absolute Gasteiger partial charge is 0.453 e. The smallest absolute Gasteiger partial charge is 0.223 e. The van der Waals surface area contributed by atoms with Gasteiger partial charge in [-0.05, 0) is 25.5 Å². The Morgan fingerprint density at radius 1 is 1.39 bits per heavy atom. The summed E-state index contributed by atoms with van der Waals surface area (Å²) in [5, 5.41) is 0.933. The molecule has 0 bridgehead atoms. The molecule has 0 unspecified atom stereocenters. The summed E-state index contributed by atoms with van der Waals surface area (Å²) in [4.78, 5) is 11.8. The maximum atomic E-state index is 11.8. The van der Waals surface area contributed by atoms with Crippen LogP contribution in [-0.2, 0) is 4.74 Å². The van der Waals surface area contributed by atoms with Crippen LogP contribution in [0.25, 0.3) is 11.0 Å². The number of furan rings is 1. The van der Waals surface area contributed by atoms with Crippen molar-refractivity contribution in [3.63, 3.8) is 0 Å². The number of ether oxygens (including phenoxy) is 1. The summed E-state index contributed by atoms with van der Waals surface area (Å²) in [6, 6.07) is 9.30. The van der Waals surface area contributed by atoms with E-state index in [1.165, 1.54) is 0 Å². The second-order valence-corrected chi connectivity index (χ2v) is 4.33. The molecule has 0 saturated heterocycles. The zero-order valence-electron chi connectivity index (χ0n) is 10.4. The van der Waals surface area contributed by atoms with Gasteiger partial charge in [0.2, 0.25) is 5.78 Å². The van der Waals surface area contributed by atoms with Crippen LogP contribution in [-0.4, -0.2) is 19.0 Å². The summed E-state index contributed by atoms with van der Waals surface area (Å²) >= 11 is 0. The fourth-order valence-corrected chi connectivity index (χ4v) is 1.60. The summed E-state index contributed by atoms with van der Waals surface area (Å²) in [7, 11) is 0. The second kappa shape index (κ2) is 5.65. The molecule has 0 fully saturated rings. The van der Waals surface area contributed by atoms with Gasteiger partial charge < -0.3 is 9.15 Å². The van der Waals surface area contributed by atoms with Gasteiger partial charge in [0.15, 0.2) is 5.76 Å². The third-order valence-electron chi connectivity index (χ3n) is 2.61. The van der Waals surface area contributed by atoms with E-state index in [4.69, 9.17) is 9.15 Å². The van der Waals surface area contributed by atoms with Crippen molar-refractivity contribution in [3.8, 4) is 0 Å². The number of carbonyl (C=O) groups is 1. The predicted octanol–water partition coefficient (Wildman–Crippen LogP) is 3.60. The molecule has 1 aromatic carbocycles. The summed E-state index contributed by atoms with van der Waals surface area (Å²) in [5.41, 5.74) is 1.77. The molecule has 0 radical (unpaired) electrons. The monoisotopic (exact) mass is 244 g/mol. The fourth-order valence-electron chi connectivity index (χ4n) is 1.60. The third kappa shape index (κ3) is 3.08. The molecule has 2 aromatic rings. The van der Waals surface area contributed by atoms with Crippen LogP contribution in [0.3, 0.4) is 0 Å². The molecule has 0 saturated carbocycles. The molecule has 3 nitrogen and oxygen atoms in total. The number of rotatable bonds is 6. The van der Waals surface area contributed by atoms with Crippen LogP contribution in [0.15, 0.2) is 46.9 Å². The first-order chi connectivity index (χ1) is 8.66. The van der Waals surface area contributed by atoms with Crippen LogP contribution in [0.4, 0.5) is 0 Å². The van der Waals surface area contributed by atoms with Crippen LogP contribution in [0.1, 0.15) is 23.9 Å².